The molecule has 120 valence electrons. The number of nitrogens with zero attached hydrogens (tertiary/aromatic N) is 3. The number of likely N-dealkylation sites (tertiary alicyclic amines) is 3. The number of rotatable bonds is 1. The van der Waals surface area contributed by atoms with Crippen LogP contribution in [-0.2, 0) is 4.74 Å². The molecule has 0 aromatic rings. The van der Waals surface area contributed by atoms with Crippen LogP contribution < -0.4 is 0 Å². The highest BCUT2D eigenvalue weighted by atomic mass is 16.6. The summed E-state index contributed by atoms with van der Waals surface area (Å²) in [6, 6.07) is 0.536. The first-order valence-corrected chi connectivity index (χ1v) is 8.22. The molecule has 0 spiro atoms. The molecule has 0 radical (unpaired) electrons. The Hall–Kier alpha value is -0.810. The van der Waals surface area contributed by atoms with Crippen molar-refractivity contribution < 1.29 is 9.53 Å². The van der Waals surface area contributed by atoms with Crippen molar-refractivity contribution in [3.8, 4) is 0 Å². The largest absolute Gasteiger partial charge is 0.444 e. The van der Waals surface area contributed by atoms with E-state index in [0.717, 1.165) is 31.3 Å². The Labute approximate surface area is 128 Å². The van der Waals surface area contributed by atoms with Crippen LogP contribution in [0.1, 0.15) is 27.2 Å². The van der Waals surface area contributed by atoms with Gasteiger partial charge in [0.1, 0.15) is 5.60 Å². The van der Waals surface area contributed by atoms with E-state index in [4.69, 9.17) is 4.74 Å². The van der Waals surface area contributed by atoms with Gasteiger partial charge in [-0.2, -0.15) is 0 Å². The van der Waals surface area contributed by atoms with Gasteiger partial charge >= 0.3 is 6.09 Å². The standard InChI is InChI=1S/C16H29N3O2/c1-16(2,3)21-15(20)18-6-5-14(11-18)19-9-12-7-17(4)8-13(12)10-19/h12-14H,5-11H2,1-4H3/t12-,13+,14-/m0/s1. The molecule has 3 saturated heterocycles. The van der Waals surface area contributed by atoms with Crippen molar-refractivity contribution in [3.05, 3.63) is 0 Å². The minimum atomic E-state index is -0.398. The molecule has 0 unspecified atom stereocenters. The van der Waals surface area contributed by atoms with Gasteiger partial charge in [-0.1, -0.05) is 0 Å². The number of fused-ring (bicyclic) bond motifs is 1. The third-order valence-electron chi connectivity index (χ3n) is 5.03. The van der Waals surface area contributed by atoms with Crippen LogP contribution in [0.2, 0.25) is 0 Å². The van der Waals surface area contributed by atoms with E-state index in [1.807, 2.05) is 25.7 Å². The Morgan fingerprint density at radius 2 is 1.67 bits per heavy atom. The molecular weight excluding hydrogens is 266 g/mol. The van der Waals surface area contributed by atoms with Crippen LogP contribution in [0.3, 0.4) is 0 Å². The molecule has 5 heteroatoms. The maximum absolute atomic E-state index is 12.1. The average Bonchev–Trinajstić information content (AvgIpc) is 2.98. The number of ether oxygens (including phenoxy) is 1. The second-order valence-corrected chi connectivity index (χ2v) is 8.06. The molecule has 3 rings (SSSR count). The van der Waals surface area contributed by atoms with Crippen LogP contribution in [0, 0.1) is 11.8 Å². The van der Waals surface area contributed by atoms with Crippen molar-refractivity contribution >= 4 is 6.09 Å². The van der Waals surface area contributed by atoms with Crippen LogP contribution in [0.4, 0.5) is 4.79 Å². The number of carbonyl (C=O) groups excluding carboxylic acids is 1. The van der Waals surface area contributed by atoms with E-state index in [0.29, 0.717) is 6.04 Å². The van der Waals surface area contributed by atoms with Crippen molar-refractivity contribution in [2.75, 3.05) is 46.3 Å². The summed E-state index contributed by atoms with van der Waals surface area (Å²) in [6.07, 6.45) is 0.943. The summed E-state index contributed by atoms with van der Waals surface area (Å²) in [6.45, 7) is 12.4. The SMILES string of the molecule is CN1C[C@@H]2CN([C@H]3CCN(C(=O)OC(C)(C)C)C3)C[C@@H]2C1. The van der Waals surface area contributed by atoms with Crippen molar-refractivity contribution in [2.45, 2.75) is 38.8 Å². The van der Waals surface area contributed by atoms with Gasteiger partial charge in [-0.25, -0.2) is 4.79 Å². The molecule has 21 heavy (non-hydrogen) atoms. The highest BCUT2D eigenvalue weighted by Crippen LogP contribution is 2.33. The molecule has 5 nitrogen and oxygen atoms in total. The van der Waals surface area contributed by atoms with Crippen LogP contribution in [-0.4, -0.2) is 78.8 Å². The number of hydrogen-bond donors (Lipinski definition) is 0. The zero-order valence-corrected chi connectivity index (χ0v) is 13.8. The van der Waals surface area contributed by atoms with Crippen LogP contribution in [0.25, 0.3) is 0 Å². The molecule has 3 heterocycles. The first-order valence-electron chi connectivity index (χ1n) is 8.22. The Morgan fingerprint density at radius 3 is 2.24 bits per heavy atom. The molecular formula is C16H29N3O2. The van der Waals surface area contributed by atoms with E-state index < -0.39 is 5.60 Å². The van der Waals surface area contributed by atoms with Gasteiger partial charge in [0.25, 0.3) is 0 Å². The maximum Gasteiger partial charge on any atom is 0.410 e. The molecule has 0 bridgehead atoms. The van der Waals surface area contributed by atoms with Crippen molar-refractivity contribution in [2.24, 2.45) is 11.8 Å². The summed E-state index contributed by atoms with van der Waals surface area (Å²) in [5, 5.41) is 0. The molecule has 1 amide bonds. The van der Waals surface area contributed by atoms with Gasteiger partial charge in [0.05, 0.1) is 0 Å². The van der Waals surface area contributed by atoms with Crippen LogP contribution in [0.15, 0.2) is 0 Å². The Morgan fingerprint density at radius 1 is 1.05 bits per heavy atom. The third kappa shape index (κ3) is 3.34. The van der Waals surface area contributed by atoms with Crippen molar-refractivity contribution in [3.63, 3.8) is 0 Å². The van der Waals surface area contributed by atoms with E-state index in [1.54, 1.807) is 0 Å². The van der Waals surface area contributed by atoms with Gasteiger partial charge in [-0.15, -0.1) is 0 Å². The molecule has 0 aromatic heterocycles. The monoisotopic (exact) mass is 295 g/mol. The second-order valence-electron chi connectivity index (χ2n) is 8.06. The molecule has 0 aliphatic carbocycles. The maximum atomic E-state index is 12.1. The zero-order chi connectivity index (χ0) is 15.2. The topological polar surface area (TPSA) is 36.0 Å². The summed E-state index contributed by atoms with van der Waals surface area (Å²) in [4.78, 5) is 19.1. The highest BCUT2D eigenvalue weighted by molar-refractivity contribution is 5.68. The fourth-order valence-corrected chi connectivity index (χ4v) is 4.09. The molecule has 0 aromatic carbocycles. The summed E-state index contributed by atoms with van der Waals surface area (Å²) < 4.78 is 5.48. The van der Waals surface area contributed by atoms with E-state index in [2.05, 4.69) is 16.8 Å². The lowest BCUT2D eigenvalue weighted by atomic mass is 10.0. The molecule has 3 atom stereocenters. The normalized spacial score (nSPS) is 34.5. The minimum Gasteiger partial charge on any atom is -0.444 e. The van der Waals surface area contributed by atoms with Gasteiger partial charge in [0.15, 0.2) is 0 Å². The lowest BCUT2D eigenvalue weighted by Crippen LogP contribution is -2.40. The van der Waals surface area contributed by atoms with E-state index in [9.17, 15) is 4.79 Å². The third-order valence-corrected chi connectivity index (χ3v) is 5.03. The van der Waals surface area contributed by atoms with Gasteiger partial charge in [0.2, 0.25) is 0 Å². The summed E-state index contributed by atoms with van der Waals surface area (Å²) in [5.74, 6) is 1.68. The highest BCUT2D eigenvalue weighted by Gasteiger charge is 2.43. The van der Waals surface area contributed by atoms with Crippen molar-refractivity contribution in [1.82, 2.24) is 14.7 Å². The minimum absolute atomic E-state index is 0.149. The molecule has 3 fully saturated rings. The van der Waals surface area contributed by atoms with Crippen LogP contribution >= 0.6 is 0 Å². The lowest BCUT2D eigenvalue weighted by Gasteiger charge is -2.27. The first kappa shape index (κ1) is 15.1. The number of carbonyl (C=O) groups is 1. The van der Waals surface area contributed by atoms with Gasteiger partial charge in [0, 0.05) is 45.3 Å². The van der Waals surface area contributed by atoms with E-state index in [1.165, 1.54) is 26.2 Å². The van der Waals surface area contributed by atoms with E-state index in [-0.39, 0.29) is 6.09 Å². The predicted molar refractivity (Wildman–Crippen MR) is 82.3 cm³/mol. The molecule has 0 N–H and O–H groups in total. The Bertz CT molecular complexity index is 393. The quantitative estimate of drug-likeness (QED) is 0.734. The lowest BCUT2D eigenvalue weighted by molar-refractivity contribution is 0.0281. The summed E-state index contributed by atoms with van der Waals surface area (Å²) in [5.41, 5.74) is -0.398. The van der Waals surface area contributed by atoms with Crippen LogP contribution in [0.5, 0.6) is 0 Å². The Kier molecular flexibility index (Phi) is 3.91. The summed E-state index contributed by atoms with van der Waals surface area (Å²) in [7, 11) is 2.22. The van der Waals surface area contributed by atoms with Gasteiger partial charge in [-0.3, -0.25) is 4.90 Å². The van der Waals surface area contributed by atoms with Gasteiger partial charge in [-0.05, 0) is 46.1 Å². The second kappa shape index (κ2) is 5.43. The molecule has 0 saturated carbocycles. The first-order chi connectivity index (χ1) is 9.82. The fraction of sp³-hybridized carbons (Fsp3) is 0.938. The molecule has 3 aliphatic rings. The Balaban J connectivity index is 1.51. The summed E-state index contributed by atoms with van der Waals surface area (Å²) >= 11 is 0. The zero-order valence-electron chi connectivity index (χ0n) is 13.8. The number of hydrogen-bond acceptors (Lipinski definition) is 4. The number of amides is 1. The molecule has 3 aliphatic heterocycles. The smallest absolute Gasteiger partial charge is 0.410 e. The average molecular weight is 295 g/mol. The fourth-order valence-electron chi connectivity index (χ4n) is 4.09. The predicted octanol–water partition coefficient (Wildman–Crippen LogP) is 1.49. The van der Waals surface area contributed by atoms with E-state index >= 15 is 0 Å². The van der Waals surface area contributed by atoms with Crippen molar-refractivity contribution in [1.29, 1.82) is 0 Å². The van der Waals surface area contributed by atoms with Gasteiger partial charge < -0.3 is 14.5 Å².